The summed E-state index contributed by atoms with van der Waals surface area (Å²) in [5.41, 5.74) is 0.197. The van der Waals surface area contributed by atoms with Crippen molar-refractivity contribution in [3.63, 3.8) is 0 Å². The van der Waals surface area contributed by atoms with Gasteiger partial charge in [-0.15, -0.1) is 10.2 Å². The number of aromatic nitrogens is 2. The number of non-ortho nitro benzene ring substituents is 2. The van der Waals surface area contributed by atoms with Crippen LogP contribution in [0.2, 0.25) is 5.02 Å². The first-order valence-electron chi connectivity index (χ1n) is 7.07. The molecule has 26 heavy (non-hydrogen) atoms. The minimum Gasteiger partial charge on any atom is -0.411 e. The molecule has 3 aromatic rings. The standard InChI is InChI=1S/C15H9ClN4O5S/c16-11-3-1-2-9(4-11)8-26-15-18-17-14(25-15)10-5-12(19(21)22)7-13(6-10)20(23)24/h1-7H,8H2. The Hall–Kier alpha value is -2.98. The van der Waals surface area contributed by atoms with Crippen LogP contribution in [0.15, 0.2) is 52.1 Å². The van der Waals surface area contributed by atoms with Crippen molar-refractivity contribution in [3.05, 3.63) is 73.3 Å². The summed E-state index contributed by atoms with van der Waals surface area (Å²) >= 11 is 7.17. The van der Waals surface area contributed by atoms with Gasteiger partial charge in [0.2, 0.25) is 5.89 Å². The van der Waals surface area contributed by atoms with E-state index in [1.54, 1.807) is 12.1 Å². The summed E-state index contributed by atoms with van der Waals surface area (Å²) < 4.78 is 5.45. The van der Waals surface area contributed by atoms with E-state index in [4.69, 9.17) is 16.0 Å². The van der Waals surface area contributed by atoms with Crippen molar-refractivity contribution >= 4 is 34.7 Å². The summed E-state index contributed by atoms with van der Waals surface area (Å²) in [6.07, 6.45) is 0. The van der Waals surface area contributed by atoms with Crippen LogP contribution in [0.3, 0.4) is 0 Å². The summed E-state index contributed by atoms with van der Waals surface area (Å²) in [6.45, 7) is 0. The predicted octanol–water partition coefficient (Wildman–Crippen LogP) is 4.50. The van der Waals surface area contributed by atoms with Crippen molar-refractivity contribution in [2.24, 2.45) is 0 Å². The smallest absolute Gasteiger partial charge is 0.277 e. The zero-order valence-corrected chi connectivity index (χ0v) is 14.4. The van der Waals surface area contributed by atoms with Gasteiger partial charge in [-0.2, -0.15) is 0 Å². The third-order valence-electron chi connectivity index (χ3n) is 3.23. The maximum absolute atomic E-state index is 11.0. The molecule has 132 valence electrons. The quantitative estimate of drug-likeness (QED) is 0.341. The summed E-state index contributed by atoms with van der Waals surface area (Å²) in [4.78, 5) is 20.5. The van der Waals surface area contributed by atoms with E-state index in [9.17, 15) is 20.2 Å². The molecule has 0 atom stereocenters. The van der Waals surface area contributed by atoms with Crippen LogP contribution in [-0.4, -0.2) is 20.0 Å². The van der Waals surface area contributed by atoms with Gasteiger partial charge in [-0.3, -0.25) is 20.2 Å². The molecule has 0 saturated heterocycles. The second kappa shape index (κ2) is 7.50. The number of hydrogen-bond donors (Lipinski definition) is 0. The number of benzene rings is 2. The second-order valence-electron chi connectivity index (χ2n) is 5.04. The highest BCUT2D eigenvalue weighted by Gasteiger charge is 2.20. The molecule has 3 rings (SSSR count). The molecular weight excluding hydrogens is 384 g/mol. The highest BCUT2D eigenvalue weighted by Crippen LogP contribution is 2.31. The van der Waals surface area contributed by atoms with E-state index >= 15 is 0 Å². The van der Waals surface area contributed by atoms with Gasteiger partial charge in [0.25, 0.3) is 16.6 Å². The van der Waals surface area contributed by atoms with Crippen LogP contribution in [-0.2, 0) is 5.75 Å². The van der Waals surface area contributed by atoms with Crippen LogP contribution < -0.4 is 0 Å². The predicted molar refractivity (Wildman–Crippen MR) is 94.1 cm³/mol. The maximum atomic E-state index is 11.0. The molecule has 0 aliphatic rings. The van der Waals surface area contributed by atoms with Crippen molar-refractivity contribution < 1.29 is 14.3 Å². The highest BCUT2D eigenvalue weighted by atomic mass is 35.5. The van der Waals surface area contributed by atoms with Crippen molar-refractivity contribution in [1.82, 2.24) is 10.2 Å². The van der Waals surface area contributed by atoms with Crippen molar-refractivity contribution in [3.8, 4) is 11.5 Å². The summed E-state index contributed by atoms with van der Waals surface area (Å²) in [5, 5.41) is 30.4. The fourth-order valence-corrected chi connectivity index (χ4v) is 3.01. The first-order chi connectivity index (χ1) is 12.4. The van der Waals surface area contributed by atoms with Gasteiger partial charge in [-0.25, -0.2) is 0 Å². The number of nitro groups is 2. The Bertz CT molecular complexity index is 961. The van der Waals surface area contributed by atoms with E-state index in [0.717, 1.165) is 23.8 Å². The lowest BCUT2D eigenvalue weighted by Crippen LogP contribution is -1.94. The van der Waals surface area contributed by atoms with Gasteiger partial charge >= 0.3 is 0 Å². The molecule has 0 saturated carbocycles. The molecule has 0 unspecified atom stereocenters. The van der Waals surface area contributed by atoms with Gasteiger partial charge in [-0.05, 0) is 17.7 Å². The highest BCUT2D eigenvalue weighted by molar-refractivity contribution is 7.98. The molecule has 0 N–H and O–H groups in total. The molecule has 2 aromatic carbocycles. The number of rotatable bonds is 6. The number of thioether (sulfide) groups is 1. The average Bonchev–Trinajstić information content (AvgIpc) is 3.08. The topological polar surface area (TPSA) is 125 Å². The lowest BCUT2D eigenvalue weighted by atomic mass is 10.2. The summed E-state index contributed by atoms with van der Waals surface area (Å²) in [5.74, 6) is 0.488. The van der Waals surface area contributed by atoms with Crippen LogP contribution in [0.25, 0.3) is 11.5 Å². The third kappa shape index (κ3) is 4.16. The Balaban J connectivity index is 1.83. The normalized spacial score (nSPS) is 10.7. The lowest BCUT2D eigenvalue weighted by molar-refractivity contribution is -0.394. The van der Waals surface area contributed by atoms with E-state index in [1.165, 1.54) is 11.8 Å². The van der Waals surface area contributed by atoms with Gasteiger partial charge in [-0.1, -0.05) is 35.5 Å². The summed E-state index contributed by atoms with van der Waals surface area (Å²) in [7, 11) is 0. The Labute approximate surface area is 155 Å². The number of nitro benzene ring substituents is 2. The Morgan fingerprint density at radius 2 is 1.73 bits per heavy atom. The SMILES string of the molecule is O=[N+]([O-])c1cc(-c2nnc(SCc3cccc(Cl)c3)o2)cc([N+](=O)[O-])c1. The van der Waals surface area contributed by atoms with Crippen LogP contribution in [0.1, 0.15) is 5.56 Å². The molecule has 9 nitrogen and oxygen atoms in total. The average molecular weight is 393 g/mol. The first kappa shape index (κ1) is 17.8. The fraction of sp³-hybridized carbons (Fsp3) is 0.0667. The number of nitrogens with zero attached hydrogens (tertiary/aromatic N) is 4. The van der Waals surface area contributed by atoms with Gasteiger partial charge in [0, 0.05) is 22.9 Å². The zero-order valence-electron chi connectivity index (χ0n) is 12.9. The van der Waals surface area contributed by atoms with Crippen LogP contribution in [0.4, 0.5) is 11.4 Å². The van der Waals surface area contributed by atoms with Gasteiger partial charge in [0.05, 0.1) is 21.5 Å². The number of halogens is 1. The first-order valence-corrected chi connectivity index (χ1v) is 8.44. The van der Waals surface area contributed by atoms with Crippen LogP contribution in [0, 0.1) is 20.2 Å². The van der Waals surface area contributed by atoms with E-state index < -0.39 is 21.2 Å². The van der Waals surface area contributed by atoms with Crippen LogP contribution in [0.5, 0.6) is 0 Å². The van der Waals surface area contributed by atoms with E-state index in [-0.39, 0.29) is 16.7 Å². The molecule has 1 heterocycles. The van der Waals surface area contributed by atoms with E-state index in [2.05, 4.69) is 10.2 Å². The Kier molecular flexibility index (Phi) is 5.14. The van der Waals surface area contributed by atoms with Crippen molar-refractivity contribution in [1.29, 1.82) is 0 Å². The van der Waals surface area contributed by atoms with Gasteiger partial charge in [0.15, 0.2) is 0 Å². The molecule has 11 heteroatoms. The van der Waals surface area contributed by atoms with Crippen molar-refractivity contribution in [2.45, 2.75) is 11.0 Å². The Morgan fingerprint density at radius 1 is 1.04 bits per heavy atom. The maximum Gasteiger partial charge on any atom is 0.277 e. The molecule has 1 aromatic heterocycles. The van der Waals surface area contributed by atoms with Crippen molar-refractivity contribution in [2.75, 3.05) is 0 Å². The largest absolute Gasteiger partial charge is 0.411 e. The van der Waals surface area contributed by atoms with Crippen LogP contribution >= 0.6 is 23.4 Å². The molecule has 0 amide bonds. The third-order valence-corrected chi connectivity index (χ3v) is 4.35. The zero-order chi connectivity index (χ0) is 18.7. The molecule has 0 aliphatic carbocycles. The van der Waals surface area contributed by atoms with Gasteiger partial charge < -0.3 is 4.42 Å². The monoisotopic (exact) mass is 392 g/mol. The Morgan fingerprint density at radius 3 is 2.35 bits per heavy atom. The minimum atomic E-state index is -0.721. The lowest BCUT2D eigenvalue weighted by Gasteiger charge is -1.99. The number of hydrogen-bond acceptors (Lipinski definition) is 8. The molecule has 0 spiro atoms. The molecule has 0 aliphatic heterocycles. The van der Waals surface area contributed by atoms with E-state index in [0.29, 0.717) is 10.8 Å². The molecule has 0 fully saturated rings. The summed E-state index contributed by atoms with van der Waals surface area (Å²) in [6, 6.07) is 10.4. The molecular formula is C15H9ClN4O5S. The molecule has 0 radical (unpaired) electrons. The van der Waals surface area contributed by atoms with Gasteiger partial charge in [0.1, 0.15) is 0 Å². The van der Waals surface area contributed by atoms with E-state index in [1.807, 2.05) is 12.1 Å². The fourth-order valence-electron chi connectivity index (χ4n) is 2.09. The second-order valence-corrected chi connectivity index (χ2v) is 6.41. The minimum absolute atomic E-state index is 0.0367. The molecule has 0 bridgehead atoms.